The molecule has 2 unspecified atom stereocenters. The molecule has 0 spiro atoms. The summed E-state index contributed by atoms with van der Waals surface area (Å²) >= 11 is 0. The highest BCUT2D eigenvalue weighted by molar-refractivity contribution is 7.47. The van der Waals surface area contributed by atoms with Gasteiger partial charge in [0.25, 0.3) is 0 Å². The topological polar surface area (TPSA) is 300 Å². The van der Waals surface area contributed by atoms with Crippen molar-refractivity contribution in [2.75, 3.05) is 59.1 Å². The van der Waals surface area contributed by atoms with E-state index in [9.17, 15) is 57.9 Å². The van der Waals surface area contributed by atoms with Gasteiger partial charge in [-0.2, -0.15) is 0 Å². The van der Waals surface area contributed by atoms with Crippen molar-refractivity contribution in [2.24, 2.45) is 17.8 Å². The highest BCUT2D eigenvalue weighted by Crippen LogP contribution is 2.49. The minimum Gasteiger partial charge on any atom is -0.394 e. The number of rotatable bonds is 41. The van der Waals surface area contributed by atoms with Crippen LogP contribution in [0.25, 0.3) is 0 Å². The Morgan fingerprint density at radius 2 is 0.750 bits per heavy atom. The molecule has 0 bridgehead atoms. The number of nitrogens with one attached hydrogen (secondary N) is 3. The number of nitrogens with zero attached hydrogens (tertiary/aromatic N) is 3. The maximum absolute atomic E-state index is 14.0. The van der Waals surface area contributed by atoms with Crippen molar-refractivity contribution in [3.05, 3.63) is 106 Å². The normalized spacial score (nSPS) is 21.1. The SMILES string of the molecule is CC(C)Cc1ccc([C@H](C)C(=O)NCCCCCC(=O)N2C[C@H](O)C[C@H]2COP(=O)(O)O[C@@H]2C[C@@H](COP(=O)(O)O[C@@H]3C[C@@H](CO)N(C(=O)CCCCCNC(=O)[C@@H](C)c4ccc(CC(C)C)cc4)C3)N(C(=O)CCCCCNC(=O)[C@@H](C)c3ccc(CC(C)C)cc3)C2)cc1. The van der Waals surface area contributed by atoms with E-state index < -0.39 is 71.9 Å². The molecule has 3 heterocycles. The number of carbonyl (C=O) groups is 6. The number of hydrogen-bond acceptors (Lipinski definition) is 14. The van der Waals surface area contributed by atoms with Crippen LogP contribution in [-0.2, 0) is 75.3 Å². The first-order valence-electron chi connectivity index (χ1n) is 35.2. The first-order valence-corrected chi connectivity index (χ1v) is 38.2. The van der Waals surface area contributed by atoms with Crippen molar-refractivity contribution >= 4 is 51.1 Å². The van der Waals surface area contributed by atoms with Crippen LogP contribution < -0.4 is 16.0 Å². The Morgan fingerprint density at radius 3 is 1.07 bits per heavy atom. The van der Waals surface area contributed by atoms with Crippen molar-refractivity contribution in [1.29, 1.82) is 0 Å². The molecule has 0 radical (unpaired) electrons. The molecule has 3 aromatic rings. The average Bonchev–Trinajstić information content (AvgIpc) is 1.69. The Balaban J connectivity index is 0.964. The minimum absolute atomic E-state index is 0.00990. The zero-order chi connectivity index (χ0) is 70.1. The number of β-amino-alcohol motifs (C(OH)–C–C–N with tert-alkyl or cyclic N) is 1. The number of amides is 6. The van der Waals surface area contributed by atoms with E-state index in [1.165, 1.54) is 31.4 Å². The molecule has 7 N–H and O–H groups in total. The molecule has 0 aliphatic carbocycles. The summed E-state index contributed by atoms with van der Waals surface area (Å²) in [6, 6.07) is 22.0. The molecule has 24 heteroatoms. The van der Waals surface area contributed by atoms with Gasteiger partial charge < -0.3 is 50.6 Å². The van der Waals surface area contributed by atoms with Gasteiger partial charge in [0.05, 0.1) is 74.0 Å². The van der Waals surface area contributed by atoms with Crippen LogP contribution in [-0.4, -0.2) is 166 Å². The van der Waals surface area contributed by atoms with Crippen molar-refractivity contribution in [2.45, 2.75) is 232 Å². The zero-order valence-electron chi connectivity index (χ0n) is 58.4. The van der Waals surface area contributed by atoms with Crippen LogP contribution in [0.1, 0.15) is 210 Å². The fraction of sp³-hybridized carbons (Fsp3) is 0.667. The number of carbonyl (C=O) groups excluding carboxylic acids is 6. The molecule has 6 amide bonds. The van der Waals surface area contributed by atoms with Gasteiger partial charge in [-0.3, -0.25) is 46.9 Å². The lowest BCUT2D eigenvalue weighted by Gasteiger charge is -2.26. The third-order valence-corrected chi connectivity index (χ3v) is 20.5. The van der Waals surface area contributed by atoms with E-state index >= 15 is 0 Å². The summed E-state index contributed by atoms with van der Waals surface area (Å²) in [5, 5.41) is 29.9. The summed E-state index contributed by atoms with van der Waals surface area (Å²) in [5.74, 6) is -0.573. The minimum atomic E-state index is -4.90. The molecule has 3 aliphatic rings. The molecule has 96 heavy (non-hydrogen) atoms. The maximum atomic E-state index is 14.0. The second-order valence-corrected chi connectivity index (χ2v) is 30.9. The van der Waals surface area contributed by atoms with Crippen molar-refractivity contribution in [1.82, 2.24) is 30.7 Å². The summed E-state index contributed by atoms with van der Waals surface area (Å²) in [4.78, 5) is 106. The summed E-state index contributed by atoms with van der Waals surface area (Å²) < 4.78 is 49.7. The van der Waals surface area contributed by atoms with Crippen LogP contribution in [0, 0.1) is 17.8 Å². The number of hydrogen-bond donors (Lipinski definition) is 7. The third kappa shape index (κ3) is 26.7. The second kappa shape index (κ2) is 39.4. The molecule has 3 fully saturated rings. The molecule has 3 saturated heterocycles. The summed E-state index contributed by atoms with van der Waals surface area (Å²) in [6.45, 7) is 18.2. The van der Waals surface area contributed by atoms with Crippen LogP contribution >= 0.6 is 15.6 Å². The fourth-order valence-corrected chi connectivity index (χ4v) is 14.9. The lowest BCUT2D eigenvalue weighted by atomic mass is 9.96. The number of benzene rings is 3. The summed E-state index contributed by atoms with van der Waals surface area (Å²) in [5.41, 5.74) is 6.46. The van der Waals surface area contributed by atoms with Crippen LogP contribution in [0.15, 0.2) is 72.8 Å². The van der Waals surface area contributed by atoms with Crippen LogP contribution in [0.4, 0.5) is 0 Å². The molecular formula is C72H112N6O16P2. The Morgan fingerprint density at radius 1 is 0.448 bits per heavy atom. The van der Waals surface area contributed by atoms with Gasteiger partial charge in [-0.1, -0.05) is 134 Å². The van der Waals surface area contributed by atoms with Crippen LogP contribution in [0.2, 0.25) is 0 Å². The Kier molecular flexibility index (Phi) is 32.7. The molecule has 11 atom stereocenters. The Bertz CT molecular complexity index is 3030. The van der Waals surface area contributed by atoms with Crippen molar-refractivity contribution in [3.8, 4) is 0 Å². The van der Waals surface area contributed by atoms with E-state index in [1.807, 2.05) is 57.2 Å². The highest BCUT2D eigenvalue weighted by atomic mass is 31.2. The first-order chi connectivity index (χ1) is 45.6. The average molecular weight is 1380 g/mol. The van der Waals surface area contributed by atoms with Gasteiger partial charge in [0, 0.05) is 58.5 Å². The summed E-state index contributed by atoms with van der Waals surface area (Å²) in [6.07, 6.45) is 5.50. The number of phosphoric ester groups is 2. The third-order valence-electron chi connectivity index (χ3n) is 18.4. The van der Waals surface area contributed by atoms with Gasteiger partial charge >= 0.3 is 15.6 Å². The van der Waals surface area contributed by atoms with E-state index in [4.69, 9.17) is 18.1 Å². The second-order valence-electron chi connectivity index (χ2n) is 28.1. The molecule has 6 rings (SSSR count). The molecule has 536 valence electrons. The van der Waals surface area contributed by atoms with E-state index in [2.05, 4.69) is 93.9 Å². The Hall–Kier alpha value is -5.38. The number of unbranched alkanes of at least 4 members (excludes halogenated alkanes) is 6. The van der Waals surface area contributed by atoms with Gasteiger partial charge in [-0.25, -0.2) is 9.13 Å². The first kappa shape index (κ1) is 79.6. The van der Waals surface area contributed by atoms with Gasteiger partial charge in [-0.15, -0.1) is 0 Å². The van der Waals surface area contributed by atoms with Crippen molar-refractivity contribution in [3.63, 3.8) is 0 Å². The Labute approximate surface area is 570 Å². The zero-order valence-corrected chi connectivity index (χ0v) is 60.2. The molecule has 3 aromatic carbocycles. The van der Waals surface area contributed by atoms with Gasteiger partial charge in [-0.05, 0) is 149 Å². The molecular weight excluding hydrogens is 1270 g/mol. The smallest absolute Gasteiger partial charge is 0.394 e. The molecule has 22 nitrogen and oxygen atoms in total. The number of aliphatic hydroxyl groups is 2. The number of likely N-dealkylation sites (tertiary alicyclic amines) is 3. The van der Waals surface area contributed by atoms with E-state index in [-0.39, 0.29) is 111 Å². The fourth-order valence-electron chi connectivity index (χ4n) is 13.0. The van der Waals surface area contributed by atoms with Gasteiger partial charge in [0.15, 0.2) is 0 Å². The van der Waals surface area contributed by atoms with Crippen molar-refractivity contribution < 1.29 is 76.0 Å². The van der Waals surface area contributed by atoms with E-state index in [1.54, 1.807) is 0 Å². The lowest BCUT2D eigenvalue weighted by molar-refractivity contribution is -0.133. The van der Waals surface area contributed by atoms with E-state index in [0.29, 0.717) is 95.2 Å². The predicted octanol–water partition coefficient (Wildman–Crippen LogP) is 10.2. The van der Waals surface area contributed by atoms with E-state index in [0.717, 1.165) is 36.0 Å². The predicted molar refractivity (Wildman–Crippen MR) is 369 cm³/mol. The molecule has 0 saturated carbocycles. The standard InChI is InChI=1S/C72H112N6O16P2/c1-49(2)37-55-22-28-58(29-23-55)52(7)70(84)73-34-16-10-13-19-67(81)76-43-64(80)40-62(76)47-91-95(87,88)94-66-42-63(78(45-66)69(83)21-15-12-18-36-75-72(86)54(9)60-32-26-57(27-33-60)39-51(5)6)48-92-96(89,90)93-65-41-61(46-79)77(44-65)68(82)20-14-11-17-35-74-71(85)53(8)59-30-24-56(25-31-59)38-50(3)4/h22-33,49-54,61-66,79-80H,10-21,34-48H2,1-9H3,(H,73,84)(H,74,85)(H,75,86)(H,87,88)(H,89,90)/t52-,53-,54-,61-,62-,63-,64+,65+,66+/m0/s1. The monoisotopic (exact) mass is 1380 g/mol. The van der Waals surface area contributed by atoms with Crippen LogP contribution in [0.5, 0.6) is 0 Å². The summed E-state index contributed by atoms with van der Waals surface area (Å²) in [7, 11) is -9.80. The van der Waals surface area contributed by atoms with Crippen LogP contribution in [0.3, 0.4) is 0 Å². The largest absolute Gasteiger partial charge is 0.472 e. The maximum Gasteiger partial charge on any atom is 0.472 e. The lowest BCUT2D eigenvalue weighted by Crippen LogP contribution is -2.38. The molecule has 3 aliphatic heterocycles. The molecule has 0 aromatic heterocycles. The quantitative estimate of drug-likeness (QED) is 0.0205. The highest BCUT2D eigenvalue weighted by Gasteiger charge is 2.44. The van der Waals surface area contributed by atoms with Gasteiger partial charge in [0.2, 0.25) is 35.4 Å². The number of aliphatic hydroxyl groups excluding tert-OH is 2. The number of phosphoric acid groups is 2. The van der Waals surface area contributed by atoms with Gasteiger partial charge in [0.1, 0.15) is 0 Å².